The second-order valence-corrected chi connectivity index (χ2v) is 8.32. The van der Waals surface area contributed by atoms with E-state index < -0.39 is 0 Å². The first kappa shape index (κ1) is 21.7. The third kappa shape index (κ3) is 5.11. The highest BCUT2D eigenvalue weighted by Crippen LogP contribution is 2.28. The van der Waals surface area contributed by atoms with Gasteiger partial charge in [-0.1, -0.05) is 29.5 Å². The van der Waals surface area contributed by atoms with E-state index in [1.807, 2.05) is 54.6 Å². The molecule has 1 saturated heterocycles. The van der Waals surface area contributed by atoms with E-state index in [1.165, 1.54) is 6.33 Å². The van der Waals surface area contributed by atoms with Crippen LogP contribution in [0.15, 0.2) is 73.1 Å². The number of halogens is 1. The molecule has 2 heterocycles. The van der Waals surface area contributed by atoms with Crippen molar-refractivity contribution in [2.24, 2.45) is 0 Å². The van der Waals surface area contributed by atoms with E-state index in [4.69, 9.17) is 16.3 Å². The summed E-state index contributed by atoms with van der Waals surface area (Å²) in [4.78, 5) is 22.3. The lowest BCUT2D eigenvalue weighted by Crippen LogP contribution is -2.24. The average molecular weight is 469 g/mol. The van der Waals surface area contributed by atoms with Gasteiger partial charge in [0.2, 0.25) is 5.91 Å². The molecule has 1 aliphatic heterocycles. The summed E-state index contributed by atoms with van der Waals surface area (Å²) in [7, 11) is 0. The molecule has 1 N–H and O–H groups in total. The molecule has 3 aromatic carbocycles. The second-order valence-electron chi connectivity index (χ2n) is 7.88. The van der Waals surface area contributed by atoms with Gasteiger partial charge in [0.15, 0.2) is 0 Å². The Morgan fingerprint density at radius 1 is 1.03 bits per heavy atom. The zero-order chi connectivity index (χ0) is 23.3. The van der Waals surface area contributed by atoms with E-state index in [0.29, 0.717) is 35.3 Å². The van der Waals surface area contributed by atoms with Gasteiger partial charge < -0.3 is 15.0 Å². The summed E-state index contributed by atoms with van der Waals surface area (Å²) in [5.74, 6) is 8.51. The van der Waals surface area contributed by atoms with Gasteiger partial charge in [-0.3, -0.25) is 4.79 Å². The van der Waals surface area contributed by atoms with Crippen LogP contribution in [0.5, 0.6) is 11.5 Å². The molecule has 1 fully saturated rings. The monoisotopic (exact) mass is 468 g/mol. The van der Waals surface area contributed by atoms with Crippen LogP contribution < -0.4 is 10.1 Å². The highest BCUT2D eigenvalue weighted by Gasteiger charge is 2.18. The summed E-state index contributed by atoms with van der Waals surface area (Å²) < 4.78 is 5.85. The Balaban J connectivity index is 1.32. The van der Waals surface area contributed by atoms with Gasteiger partial charge in [0.05, 0.1) is 12.1 Å². The molecule has 0 saturated carbocycles. The van der Waals surface area contributed by atoms with Crippen molar-refractivity contribution in [3.8, 4) is 23.3 Å². The molecular formula is C27H21ClN4O2. The number of benzene rings is 3. The minimum absolute atomic E-state index is 0.177. The Bertz CT molecular complexity index is 1410. The van der Waals surface area contributed by atoms with Crippen LogP contribution in [0.3, 0.4) is 0 Å². The van der Waals surface area contributed by atoms with Crippen LogP contribution in [-0.2, 0) is 4.79 Å². The number of ether oxygens (including phenoxy) is 1. The number of likely N-dealkylation sites (tertiary alicyclic amines) is 1. The van der Waals surface area contributed by atoms with Crippen molar-refractivity contribution in [3.63, 3.8) is 0 Å². The standard InChI is InChI=1S/C27H21ClN4O2/c28-20-5-1-6-23(17-20)34-22-11-9-21(10-12-22)31-27-24-16-19(8-13-25(24)29-18-30-27)4-2-14-32-15-3-7-26(32)33/h1,5-6,8-13,16-18H,3,7,14-15H2,(H,29,30,31). The van der Waals surface area contributed by atoms with Crippen LogP contribution in [0, 0.1) is 11.8 Å². The van der Waals surface area contributed by atoms with E-state index in [2.05, 4.69) is 27.1 Å². The Morgan fingerprint density at radius 3 is 2.71 bits per heavy atom. The zero-order valence-electron chi connectivity index (χ0n) is 18.3. The van der Waals surface area contributed by atoms with Crippen LogP contribution in [0.25, 0.3) is 10.9 Å². The fraction of sp³-hybridized carbons (Fsp3) is 0.148. The molecule has 1 aliphatic rings. The van der Waals surface area contributed by atoms with Crippen LogP contribution in [0.4, 0.5) is 11.5 Å². The summed E-state index contributed by atoms with van der Waals surface area (Å²) >= 11 is 6.02. The number of aromatic nitrogens is 2. The molecule has 0 atom stereocenters. The van der Waals surface area contributed by atoms with Crippen LogP contribution in [-0.4, -0.2) is 33.9 Å². The number of hydrogen-bond acceptors (Lipinski definition) is 5. The molecule has 0 bridgehead atoms. The van der Waals surface area contributed by atoms with Crippen LogP contribution >= 0.6 is 11.6 Å². The number of nitrogens with one attached hydrogen (secondary N) is 1. The summed E-state index contributed by atoms with van der Waals surface area (Å²) in [6, 6.07) is 20.7. The third-order valence-corrected chi connectivity index (χ3v) is 5.69. The molecule has 0 spiro atoms. The first-order valence-corrected chi connectivity index (χ1v) is 11.3. The summed E-state index contributed by atoms with van der Waals surface area (Å²) in [5, 5.41) is 4.84. The van der Waals surface area contributed by atoms with Gasteiger partial charge in [0, 0.05) is 34.6 Å². The Kier molecular flexibility index (Phi) is 6.28. The summed E-state index contributed by atoms with van der Waals surface area (Å²) in [6.07, 6.45) is 3.07. The van der Waals surface area contributed by atoms with Gasteiger partial charge in [0.1, 0.15) is 23.6 Å². The maximum Gasteiger partial charge on any atom is 0.223 e. The van der Waals surface area contributed by atoms with Crippen molar-refractivity contribution in [1.82, 2.24) is 14.9 Å². The number of nitrogens with zero attached hydrogens (tertiary/aromatic N) is 3. The molecule has 168 valence electrons. The fourth-order valence-corrected chi connectivity index (χ4v) is 3.93. The van der Waals surface area contributed by atoms with Crippen molar-refractivity contribution in [2.75, 3.05) is 18.4 Å². The normalized spacial score (nSPS) is 13.0. The van der Waals surface area contributed by atoms with Crippen LogP contribution in [0.1, 0.15) is 18.4 Å². The fourth-order valence-electron chi connectivity index (χ4n) is 3.75. The number of carbonyl (C=O) groups excluding carboxylic acids is 1. The average Bonchev–Trinajstić information content (AvgIpc) is 3.25. The highest BCUT2D eigenvalue weighted by atomic mass is 35.5. The lowest BCUT2D eigenvalue weighted by molar-refractivity contribution is -0.127. The minimum atomic E-state index is 0.177. The van der Waals surface area contributed by atoms with E-state index in [1.54, 1.807) is 17.0 Å². The van der Waals surface area contributed by atoms with E-state index in [0.717, 1.165) is 35.1 Å². The maximum absolute atomic E-state index is 11.8. The van der Waals surface area contributed by atoms with Gasteiger partial charge in [-0.05, 0) is 67.1 Å². The maximum atomic E-state index is 11.8. The molecule has 0 radical (unpaired) electrons. The van der Waals surface area contributed by atoms with Crippen molar-refractivity contribution in [2.45, 2.75) is 12.8 Å². The molecule has 7 heteroatoms. The van der Waals surface area contributed by atoms with Crippen molar-refractivity contribution < 1.29 is 9.53 Å². The zero-order valence-corrected chi connectivity index (χ0v) is 19.0. The second kappa shape index (κ2) is 9.82. The first-order chi connectivity index (χ1) is 16.6. The number of amides is 1. The third-order valence-electron chi connectivity index (χ3n) is 5.46. The van der Waals surface area contributed by atoms with Crippen molar-refractivity contribution in [3.05, 3.63) is 83.6 Å². The van der Waals surface area contributed by atoms with Gasteiger partial charge in [0.25, 0.3) is 0 Å². The smallest absolute Gasteiger partial charge is 0.223 e. The van der Waals surface area contributed by atoms with E-state index in [9.17, 15) is 4.79 Å². The minimum Gasteiger partial charge on any atom is -0.457 e. The predicted octanol–water partition coefficient (Wildman–Crippen LogP) is 5.79. The van der Waals surface area contributed by atoms with Crippen LogP contribution in [0.2, 0.25) is 5.02 Å². The predicted molar refractivity (Wildman–Crippen MR) is 133 cm³/mol. The van der Waals surface area contributed by atoms with E-state index >= 15 is 0 Å². The lowest BCUT2D eigenvalue weighted by atomic mass is 10.1. The molecule has 34 heavy (non-hydrogen) atoms. The number of fused-ring (bicyclic) bond motifs is 1. The molecule has 5 rings (SSSR count). The lowest BCUT2D eigenvalue weighted by Gasteiger charge is -2.11. The van der Waals surface area contributed by atoms with Gasteiger partial charge in [-0.15, -0.1) is 0 Å². The Hall–Kier alpha value is -4.08. The topological polar surface area (TPSA) is 67.4 Å². The first-order valence-electron chi connectivity index (χ1n) is 11.0. The molecule has 4 aromatic rings. The molecule has 6 nitrogen and oxygen atoms in total. The molecule has 1 amide bonds. The largest absolute Gasteiger partial charge is 0.457 e. The van der Waals surface area contributed by atoms with Gasteiger partial charge in [-0.25, -0.2) is 9.97 Å². The molecular weight excluding hydrogens is 448 g/mol. The quantitative estimate of drug-likeness (QED) is 0.375. The summed E-state index contributed by atoms with van der Waals surface area (Å²) in [6.45, 7) is 1.24. The molecule has 1 aromatic heterocycles. The molecule has 0 unspecified atom stereocenters. The SMILES string of the molecule is O=C1CCCN1CC#Cc1ccc2ncnc(Nc3ccc(Oc4cccc(Cl)c4)cc3)c2c1. The van der Waals surface area contributed by atoms with E-state index in [-0.39, 0.29) is 5.91 Å². The summed E-state index contributed by atoms with van der Waals surface area (Å²) in [5.41, 5.74) is 2.53. The number of rotatable bonds is 5. The Morgan fingerprint density at radius 2 is 1.91 bits per heavy atom. The highest BCUT2D eigenvalue weighted by molar-refractivity contribution is 6.30. The Labute approximate surface area is 202 Å². The van der Waals surface area contributed by atoms with Gasteiger partial charge in [-0.2, -0.15) is 0 Å². The number of carbonyl (C=O) groups is 1. The number of hydrogen-bond donors (Lipinski definition) is 1. The van der Waals surface area contributed by atoms with Crippen molar-refractivity contribution in [1.29, 1.82) is 0 Å². The van der Waals surface area contributed by atoms with Gasteiger partial charge >= 0.3 is 0 Å². The number of anilines is 2. The van der Waals surface area contributed by atoms with Crippen molar-refractivity contribution >= 4 is 39.9 Å². The molecule has 0 aliphatic carbocycles.